The van der Waals surface area contributed by atoms with E-state index in [1.54, 1.807) is 6.20 Å². The summed E-state index contributed by atoms with van der Waals surface area (Å²) in [6, 6.07) is 42.9. The highest BCUT2D eigenvalue weighted by Gasteiger charge is 2.20. The third-order valence-electron chi connectivity index (χ3n) is 8.48. The fourth-order valence-electron chi connectivity index (χ4n) is 6.07. The van der Waals surface area contributed by atoms with Gasteiger partial charge in [-0.2, -0.15) is 4.57 Å². The Labute approximate surface area is 313 Å². The molecule has 0 fully saturated rings. The van der Waals surface area contributed by atoms with Crippen LogP contribution in [0.1, 0.15) is 44.9 Å². The van der Waals surface area contributed by atoms with Gasteiger partial charge in [0.25, 0.3) is 12.0 Å². The summed E-state index contributed by atoms with van der Waals surface area (Å²) in [4.78, 5) is 9.10. The van der Waals surface area contributed by atoms with Crippen LogP contribution in [0, 0.1) is 13.8 Å². The van der Waals surface area contributed by atoms with E-state index in [2.05, 4.69) is 181 Å². The number of hydrogen-bond acceptors (Lipinski definition) is 4. The van der Waals surface area contributed by atoms with Crippen LogP contribution in [-0.2, 0) is 0 Å². The van der Waals surface area contributed by atoms with Crippen molar-refractivity contribution in [3.8, 4) is 27.9 Å². The van der Waals surface area contributed by atoms with Crippen LogP contribution in [0.5, 0.6) is 0 Å². The van der Waals surface area contributed by atoms with Gasteiger partial charge in [-0.15, -0.1) is 0 Å². The van der Waals surface area contributed by atoms with Crippen LogP contribution in [0.15, 0.2) is 140 Å². The van der Waals surface area contributed by atoms with Crippen LogP contribution in [0.3, 0.4) is 0 Å². The van der Waals surface area contributed by atoms with Crippen LogP contribution in [0.25, 0.3) is 39.1 Å². The summed E-state index contributed by atoms with van der Waals surface area (Å²) < 4.78 is 4.44. The number of nitrogens with one attached hydrogen (secondary N) is 2. The summed E-state index contributed by atoms with van der Waals surface area (Å²) in [6.45, 7) is 12.9. The molecule has 0 aliphatic carbocycles. The van der Waals surface area contributed by atoms with Crippen LogP contribution < -0.4 is 39.2 Å². The van der Waals surface area contributed by atoms with Crippen LogP contribution in [-0.4, -0.2) is 20.6 Å². The Bertz CT molecular complexity index is 2190. The summed E-state index contributed by atoms with van der Waals surface area (Å²) in [7, 11) is 0. The third kappa shape index (κ3) is 8.40. The van der Waals surface area contributed by atoms with Gasteiger partial charge < -0.3 is 34.6 Å². The number of halogens is 1. The van der Waals surface area contributed by atoms with Gasteiger partial charge in [-0.1, -0.05) is 72.8 Å². The number of fused-ring (bicyclic) bond motifs is 1. The Morgan fingerprint density at radius 3 is 1.92 bits per heavy atom. The number of benzene rings is 4. The van der Waals surface area contributed by atoms with E-state index in [1.807, 2.05) is 24.4 Å². The number of hydrogen-bond donors (Lipinski definition) is 2. The van der Waals surface area contributed by atoms with Crippen molar-refractivity contribution in [2.24, 2.45) is 0 Å². The predicted molar refractivity (Wildman–Crippen MR) is 205 cm³/mol. The molecule has 3 aromatic heterocycles. The van der Waals surface area contributed by atoms with Gasteiger partial charge >= 0.3 is 0 Å². The van der Waals surface area contributed by atoms with Crippen LogP contribution in [0.2, 0.25) is 0 Å². The molecule has 7 rings (SSSR count). The molecular formula is C43H45IN6. The minimum Gasteiger partial charge on any atom is -1.00 e. The maximum Gasteiger partial charge on any atom is 0.273 e. The van der Waals surface area contributed by atoms with E-state index in [0.717, 1.165) is 34.0 Å². The molecule has 0 atom stereocenters. The van der Waals surface area contributed by atoms with Gasteiger partial charge in [0.05, 0.1) is 11.7 Å². The Morgan fingerprint density at radius 1 is 0.640 bits per heavy atom. The summed E-state index contributed by atoms with van der Waals surface area (Å²) in [6.07, 6.45) is 5.81. The number of anilines is 3. The fraction of sp³-hybridized carbons (Fsp3) is 0.186. The van der Waals surface area contributed by atoms with Crippen molar-refractivity contribution < 1.29 is 28.5 Å². The lowest BCUT2D eigenvalue weighted by Gasteiger charge is -2.15. The lowest BCUT2D eigenvalue weighted by atomic mass is 10.0. The number of aromatic nitrogens is 4. The first-order chi connectivity index (χ1) is 23.8. The lowest BCUT2D eigenvalue weighted by Crippen LogP contribution is -3.00. The van der Waals surface area contributed by atoms with Gasteiger partial charge in [0.15, 0.2) is 11.3 Å². The van der Waals surface area contributed by atoms with E-state index in [4.69, 9.17) is 0 Å². The molecule has 7 heteroatoms. The Morgan fingerprint density at radius 2 is 1.26 bits per heavy atom. The fourth-order valence-corrected chi connectivity index (χ4v) is 6.07. The standard InChI is InChI=1S/C22H22N3.C21H23N3.HI/c1-16(2)24-15-25(22-21(24)12-7-13-23-22)19-10-6-9-18(14-19)20-11-5-4-8-17(20)3;1-15(2)23-20-12-7-13-22-21(20)24-18-10-6-9-17(14-18)19-11-5-4-8-16(19)3;/h4-16H,1-3H3;4-15,23H,1-3H3,(H,22,24);1H/q+1;;/p-1. The van der Waals surface area contributed by atoms with Crippen molar-refractivity contribution in [1.82, 2.24) is 14.5 Å². The van der Waals surface area contributed by atoms with Gasteiger partial charge in [0, 0.05) is 24.1 Å². The second-order valence-electron chi connectivity index (χ2n) is 12.9. The monoisotopic (exact) mass is 772 g/mol. The van der Waals surface area contributed by atoms with Gasteiger partial charge in [-0.3, -0.25) is 0 Å². The first-order valence-corrected chi connectivity index (χ1v) is 17.0. The topological polar surface area (TPSA) is 58.6 Å². The SMILES string of the molecule is Cc1ccccc1-c1cccc(-n2c[n+](C(C)C)c3cccnc32)c1.Cc1ccccc1-c1cccc(Nc2ncccc2NC(C)C)c1.[I-]. The third-order valence-corrected chi connectivity index (χ3v) is 8.48. The van der Waals surface area contributed by atoms with E-state index >= 15 is 0 Å². The summed E-state index contributed by atoms with van der Waals surface area (Å²) in [5.74, 6) is 0.841. The van der Waals surface area contributed by atoms with Gasteiger partial charge in [-0.05, 0) is 123 Å². The molecule has 0 saturated heterocycles. The Balaban J connectivity index is 0.000000191. The van der Waals surface area contributed by atoms with Crippen molar-refractivity contribution in [2.75, 3.05) is 10.6 Å². The molecule has 254 valence electrons. The highest BCUT2D eigenvalue weighted by atomic mass is 127. The lowest BCUT2D eigenvalue weighted by molar-refractivity contribution is -0.691. The molecule has 2 N–H and O–H groups in total. The Kier molecular flexibility index (Phi) is 12.0. The van der Waals surface area contributed by atoms with Gasteiger partial charge in [-0.25, -0.2) is 14.5 Å². The average molecular weight is 773 g/mol. The smallest absolute Gasteiger partial charge is 0.273 e. The molecule has 4 aromatic carbocycles. The number of rotatable bonds is 8. The second-order valence-corrected chi connectivity index (χ2v) is 12.9. The maximum atomic E-state index is 4.62. The van der Waals surface area contributed by atoms with Gasteiger partial charge in [0.1, 0.15) is 5.69 Å². The van der Waals surface area contributed by atoms with E-state index < -0.39 is 0 Å². The molecule has 0 radical (unpaired) electrons. The van der Waals surface area contributed by atoms with Crippen LogP contribution >= 0.6 is 0 Å². The van der Waals surface area contributed by atoms with E-state index in [9.17, 15) is 0 Å². The highest BCUT2D eigenvalue weighted by molar-refractivity contribution is 5.76. The largest absolute Gasteiger partial charge is 1.00 e. The molecule has 6 nitrogen and oxygen atoms in total. The van der Waals surface area contributed by atoms with Gasteiger partial charge in [0.2, 0.25) is 0 Å². The van der Waals surface area contributed by atoms with Crippen molar-refractivity contribution in [3.63, 3.8) is 0 Å². The molecule has 7 aromatic rings. The first-order valence-electron chi connectivity index (χ1n) is 17.0. The number of aryl methyl sites for hydroxylation is 2. The van der Waals surface area contributed by atoms with Crippen molar-refractivity contribution >= 4 is 28.4 Å². The van der Waals surface area contributed by atoms with E-state index in [-0.39, 0.29) is 24.0 Å². The minimum atomic E-state index is 0. The molecule has 0 saturated carbocycles. The molecule has 50 heavy (non-hydrogen) atoms. The second kappa shape index (κ2) is 16.6. The molecule has 3 heterocycles. The number of nitrogens with zero attached hydrogens (tertiary/aromatic N) is 4. The zero-order valence-electron chi connectivity index (χ0n) is 29.6. The molecule has 0 spiro atoms. The first kappa shape index (κ1) is 36.3. The number of pyridine rings is 2. The zero-order valence-corrected chi connectivity index (χ0v) is 31.8. The van der Waals surface area contributed by atoms with Crippen molar-refractivity contribution in [2.45, 2.75) is 53.6 Å². The summed E-state index contributed by atoms with van der Waals surface area (Å²) >= 11 is 0. The van der Waals surface area contributed by atoms with E-state index in [1.165, 1.54) is 33.4 Å². The van der Waals surface area contributed by atoms with E-state index in [0.29, 0.717) is 12.1 Å². The molecule has 0 aliphatic heterocycles. The average Bonchev–Trinajstić information content (AvgIpc) is 3.50. The molecule has 0 unspecified atom stereocenters. The quantitative estimate of drug-likeness (QED) is 0.124. The van der Waals surface area contributed by atoms with Crippen molar-refractivity contribution in [1.29, 1.82) is 0 Å². The van der Waals surface area contributed by atoms with Crippen molar-refractivity contribution in [3.05, 3.63) is 151 Å². The Hall–Kier alpha value is -5.02. The normalized spacial score (nSPS) is 10.8. The molecule has 0 aliphatic rings. The molecule has 0 amide bonds. The molecule has 0 bridgehead atoms. The highest BCUT2D eigenvalue weighted by Crippen LogP contribution is 2.29. The summed E-state index contributed by atoms with van der Waals surface area (Å²) in [5.41, 5.74) is 12.8. The molecular weight excluding hydrogens is 727 g/mol. The zero-order chi connectivity index (χ0) is 34.3. The number of imidazole rings is 1. The van der Waals surface area contributed by atoms with Crippen LogP contribution in [0.4, 0.5) is 17.2 Å². The summed E-state index contributed by atoms with van der Waals surface area (Å²) in [5, 5.41) is 6.86. The predicted octanol–water partition coefficient (Wildman–Crippen LogP) is 7.49. The minimum absolute atomic E-state index is 0. The maximum absolute atomic E-state index is 4.62.